The predicted molar refractivity (Wildman–Crippen MR) is 27.9 cm³/mol. The van der Waals surface area contributed by atoms with Crippen molar-refractivity contribution in [3.63, 3.8) is 0 Å². The van der Waals surface area contributed by atoms with E-state index in [0.717, 1.165) is 0 Å². The van der Waals surface area contributed by atoms with Gasteiger partial charge in [0.2, 0.25) is 0 Å². The molecular formula is C4H7CuNO4. The molecule has 0 aliphatic rings. The maximum Gasteiger partial charge on any atom is 0.321 e. The normalized spacial score (nSPS) is 11.3. The van der Waals surface area contributed by atoms with Crippen LogP contribution in [0.25, 0.3) is 0 Å². The molecular weight excluding hydrogens is 190 g/mol. The minimum absolute atomic E-state index is 0. The number of carbonyl (C=O) groups is 2. The van der Waals surface area contributed by atoms with E-state index in [1.54, 1.807) is 0 Å². The van der Waals surface area contributed by atoms with E-state index in [1.165, 1.54) is 0 Å². The van der Waals surface area contributed by atoms with Crippen molar-refractivity contribution in [2.45, 2.75) is 12.5 Å². The molecule has 0 aliphatic heterocycles. The summed E-state index contributed by atoms with van der Waals surface area (Å²) in [6.07, 6.45) is -0.532. The Morgan fingerprint density at radius 2 is 1.80 bits per heavy atom. The first kappa shape index (κ1) is 12.1. The van der Waals surface area contributed by atoms with Crippen LogP contribution >= 0.6 is 0 Å². The molecule has 0 unspecified atom stereocenters. The van der Waals surface area contributed by atoms with Crippen molar-refractivity contribution < 1.29 is 36.9 Å². The van der Waals surface area contributed by atoms with Crippen LogP contribution in [0.4, 0.5) is 0 Å². The van der Waals surface area contributed by atoms with Crippen LogP contribution in [0, 0.1) is 0 Å². The summed E-state index contributed by atoms with van der Waals surface area (Å²) in [5.74, 6) is -2.50. The van der Waals surface area contributed by atoms with Crippen LogP contribution in [0.3, 0.4) is 0 Å². The summed E-state index contributed by atoms with van der Waals surface area (Å²) in [6.45, 7) is 0. The van der Waals surface area contributed by atoms with Crippen molar-refractivity contribution in [1.29, 1.82) is 0 Å². The van der Waals surface area contributed by atoms with Crippen molar-refractivity contribution >= 4 is 11.9 Å². The predicted octanol–water partition coefficient (Wildman–Crippen LogP) is -1.13. The zero-order valence-electron chi connectivity index (χ0n) is 4.87. The zero-order chi connectivity index (χ0) is 7.44. The molecule has 0 heterocycles. The van der Waals surface area contributed by atoms with E-state index in [4.69, 9.17) is 15.9 Å². The monoisotopic (exact) mass is 196 g/mol. The number of nitrogens with two attached hydrogens (primary N) is 1. The largest absolute Gasteiger partial charge is 0.481 e. The molecule has 0 saturated heterocycles. The third-order valence-corrected chi connectivity index (χ3v) is 0.712. The maximum absolute atomic E-state index is 9.85. The Morgan fingerprint density at radius 3 is 1.90 bits per heavy atom. The Balaban J connectivity index is 0. The molecule has 0 aromatic heterocycles. The fourth-order valence-electron chi connectivity index (χ4n) is 0.275. The van der Waals surface area contributed by atoms with Gasteiger partial charge in [-0.25, -0.2) is 0 Å². The van der Waals surface area contributed by atoms with Crippen LogP contribution < -0.4 is 5.73 Å². The van der Waals surface area contributed by atoms with Crippen LogP contribution in [0.1, 0.15) is 6.42 Å². The Kier molecular flexibility index (Phi) is 6.34. The van der Waals surface area contributed by atoms with Crippen molar-refractivity contribution in [2.75, 3.05) is 0 Å². The number of rotatable bonds is 3. The summed E-state index contributed by atoms with van der Waals surface area (Å²) in [6, 6.07) is -1.29. The topological polar surface area (TPSA) is 101 Å². The third kappa shape index (κ3) is 5.55. The fourth-order valence-corrected chi connectivity index (χ4v) is 0.275. The zero-order valence-corrected chi connectivity index (χ0v) is 5.82. The molecule has 0 aromatic carbocycles. The fraction of sp³-hybridized carbons (Fsp3) is 0.500. The van der Waals surface area contributed by atoms with Gasteiger partial charge in [0.15, 0.2) is 0 Å². The standard InChI is InChI=1S/C4H7NO4.Cu/c5-2(4(8)9)1-3(6)7;/h2H,1,5H2,(H,6,7)(H,8,9);/t2-;/m1./s1. The number of aliphatic carboxylic acids is 2. The Hall–Kier alpha value is -0.581. The first-order valence-electron chi connectivity index (χ1n) is 2.24. The molecule has 0 rings (SSSR count). The summed E-state index contributed by atoms with van der Waals surface area (Å²) in [4.78, 5) is 19.6. The van der Waals surface area contributed by atoms with Gasteiger partial charge in [0.05, 0.1) is 6.42 Å². The first-order chi connectivity index (χ1) is 4.04. The summed E-state index contributed by atoms with van der Waals surface area (Å²) in [7, 11) is 0. The second-order valence-corrected chi connectivity index (χ2v) is 1.54. The quantitative estimate of drug-likeness (QED) is 0.496. The van der Waals surface area contributed by atoms with Crippen molar-refractivity contribution in [2.24, 2.45) is 5.73 Å². The number of carboxylic acid groups (broad SMARTS) is 2. The molecule has 1 atom stereocenters. The minimum atomic E-state index is -1.29. The van der Waals surface area contributed by atoms with Gasteiger partial charge in [-0.2, -0.15) is 0 Å². The molecule has 0 aliphatic carbocycles. The molecule has 0 saturated carbocycles. The number of carboxylic acids is 2. The van der Waals surface area contributed by atoms with Gasteiger partial charge in [-0.1, -0.05) is 0 Å². The van der Waals surface area contributed by atoms with E-state index >= 15 is 0 Å². The molecule has 1 radical (unpaired) electrons. The number of hydrogen-bond acceptors (Lipinski definition) is 3. The van der Waals surface area contributed by atoms with E-state index in [1.807, 2.05) is 0 Å². The summed E-state index contributed by atoms with van der Waals surface area (Å²) in [5, 5.41) is 16.0. The molecule has 0 spiro atoms. The van der Waals surface area contributed by atoms with Crippen LogP contribution in [-0.2, 0) is 26.7 Å². The summed E-state index contributed by atoms with van der Waals surface area (Å²) >= 11 is 0. The molecule has 6 heteroatoms. The van der Waals surface area contributed by atoms with Crippen LogP contribution in [0.15, 0.2) is 0 Å². The second kappa shape index (κ2) is 5.22. The van der Waals surface area contributed by atoms with Crippen molar-refractivity contribution in [3.8, 4) is 0 Å². The van der Waals surface area contributed by atoms with E-state index < -0.39 is 24.4 Å². The SMILES string of the molecule is N[C@H](CC(=O)O)C(=O)O.[Cu]. The molecule has 0 bridgehead atoms. The van der Waals surface area contributed by atoms with Gasteiger partial charge in [0.1, 0.15) is 6.04 Å². The average Bonchev–Trinajstić information content (AvgIpc) is 1.63. The van der Waals surface area contributed by atoms with E-state index in [-0.39, 0.29) is 17.1 Å². The second-order valence-electron chi connectivity index (χ2n) is 1.54. The van der Waals surface area contributed by atoms with Crippen molar-refractivity contribution in [3.05, 3.63) is 0 Å². The first-order valence-corrected chi connectivity index (χ1v) is 2.24. The molecule has 0 aromatic rings. The van der Waals surface area contributed by atoms with Gasteiger partial charge >= 0.3 is 11.9 Å². The molecule has 5 nitrogen and oxygen atoms in total. The molecule has 0 amide bonds. The molecule has 0 fully saturated rings. The van der Waals surface area contributed by atoms with Gasteiger partial charge in [-0.05, 0) is 0 Å². The molecule has 63 valence electrons. The summed E-state index contributed by atoms with van der Waals surface area (Å²) in [5.41, 5.74) is 4.84. The van der Waals surface area contributed by atoms with Gasteiger partial charge in [0.25, 0.3) is 0 Å². The van der Waals surface area contributed by atoms with E-state index in [2.05, 4.69) is 0 Å². The molecule has 10 heavy (non-hydrogen) atoms. The third-order valence-electron chi connectivity index (χ3n) is 0.712. The van der Waals surface area contributed by atoms with Crippen LogP contribution in [0.2, 0.25) is 0 Å². The van der Waals surface area contributed by atoms with Gasteiger partial charge in [-0.3, -0.25) is 9.59 Å². The van der Waals surface area contributed by atoms with Crippen LogP contribution in [-0.4, -0.2) is 28.2 Å². The van der Waals surface area contributed by atoms with Crippen LogP contribution in [0.5, 0.6) is 0 Å². The van der Waals surface area contributed by atoms with Gasteiger partial charge in [0, 0.05) is 17.1 Å². The number of hydrogen-bond donors (Lipinski definition) is 3. The Bertz CT molecular complexity index is 137. The van der Waals surface area contributed by atoms with E-state index in [9.17, 15) is 9.59 Å². The van der Waals surface area contributed by atoms with E-state index in [0.29, 0.717) is 0 Å². The maximum atomic E-state index is 9.85. The van der Waals surface area contributed by atoms with Crippen molar-refractivity contribution in [1.82, 2.24) is 0 Å². The summed E-state index contributed by atoms with van der Waals surface area (Å²) < 4.78 is 0. The van der Waals surface area contributed by atoms with Gasteiger partial charge < -0.3 is 15.9 Å². The Labute approximate surface area is 67.7 Å². The Morgan fingerprint density at radius 1 is 1.40 bits per heavy atom. The minimum Gasteiger partial charge on any atom is -0.481 e. The average molecular weight is 197 g/mol. The smallest absolute Gasteiger partial charge is 0.321 e. The molecule has 4 N–H and O–H groups in total. The van der Waals surface area contributed by atoms with Gasteiger partial charge in [-0.15, -0.1) is 0 Å².